The third-order valence-corrected chi connectivity index (χ3v) is 2.93. The lowest BCUT2D eigenvalue weighted by atomic mass is 10.1. The average molecular weight is 268 g/mol. The summed E-state index contributed by atoms with van der Waals surface area (Å²) in [7, 11) is 0. The summed E-state index contributed by atoms with van der Waals surface area (Å²) < 4.78 is 5.20. The van der Waals surface area contributed by atoms with Crippen LogP contribution in [0.5, 0.6) is 0 Å². The van der Waals surface area contributed by atoms with Gasteiger partial charge in [-0.2, -0.15) is 5.10 Å². The minimum atomic E-state index is -0.191. The van der Waals surface area contributed by atoms with Crippen LogP contribution < -0.4 is 5.32 Å². The number of rotatable bonds is 3. The van der Waals surface area contributed by atoms with Gasteiger partial charge < -0.3 is 9.73 Å². The van der Waals surface area contributed by atoms with E-state index < -0.39 is 0 Å². The van der Waals surface area contributed by atoms with Gasteiger partial charge in [0, 0.05) is 16.9 Å². The lowest BCUT2D eigenvalue weighted by Gasteiger charge is -2.05. The number of hydrogen-bond donors (Lipinski definition) is 2. The minimum Gasteiger partial charge on any atom is -0.444 e. The summed E-state index contributed by atoms with van der Waals surface area (Å²) in [4.78, 5) is 15.9. The summed E-state index contributed by atoms with van der Waals surface area (Å²) in [5.74, 6) is 0.497. The second-order valence-corrected chi connectivity index (χ2v) is 4.31. The number of aromatic nitrogens is 3. The van der Waals surface area contributed by atoms with Crippen LogP contribution in [0.25, 0.3) is 11.3 Å². The van der Waals surface area contributed by atoms with Crippen molar-refractivity contribution in [2.24, 2.45) is 0 Å². The van der Waals surface area contributed by atoms with Crippen molar-refractivity contribution in [3.63, 3.8) is 0 Å². The van der Waals surface area contributed by atoms with Crippen molar-refractivity contribution < 1.29 is 9.21 Å². The normalized spacial score (nSPS) is 10.4. The lowest BCUT2D eigenvalue weighted by Crippen LogP contribution is -2.12. The number of benzene rings is 1. The number of aromatic amines is 1. The van der Waals surface area contributed by atoms with Crippen molar-refractivity contribution in [2.45, 2.75) is 6.92 Å². The predicted molar refractivity (Wildman–Crippen MR) is 73.2 cm³/mol. The van der Waals surface area contributed by atoms with Crippen LogP contribution in [-0.2, 0) is 0 Å². The highest BCUT2D eigenvalue weighted by Gasteiger charge is 2.11. The largest absolute Gasteiger partial charge is 0.444 e. The molecule has 3 rings (SSSR count). The smallest absolute Gasteiger partial charge is 0.259 e. The molecular formula is C14H12N4O2. The first-order valence-corrected chi connectivity index (χ1v) is 6.04. The standard InChI is InChI=1S/C14H12N4O2/c1-9-12(6-16-18-9)14(19)17-11-4-2-10(3-5-11)13-7-15-8-20-13/h2-8H,1H3,(H,16,18)(H,17,19). The van der Waals surface area contributed by atoms with E-state index in [2.05, 4.69) is 20.5 Å². The molecule has 0 saturated carbocycles. The van der Waals surface area contributed by atoms with Crippen molar-refractivity contribution in [1.29, 1.82) is 0 Å². The molecule has 6 nitrogen and oxygen atoms in total. The first kappa shape index (κ1) is 12.2. The Kier molecular flexibility index (Phi) is 3.04. The molecule has 1 amide bonds. The number of carbonyl (C=O) groups excluding carboxylic acids is 1. The molecule has 0 unspecified atom stereocenters. The molecule has 1 aromatic carbocycles. The van der Waals surface area contributed by atoms with E-state index in [4.69, 9.17) is 4.42 Å². The van der Waals surface area contributed by atoms with Crippen LogP contribution in [0, 0.1) is 6.92 Å². The number of anilines is 1. The maximum Gasteiger partial charge on any atom is 0.259 e. The quantitative estimate of drug-likeness (QED) is 0.764. The zero-order valence-electron chi connectivity index (χ0n) is 10.8. The number of carbonyl (C=O) groups is 1. The van der Waals surface area contributed by atoms with E-state index in [1.54, 1.807) is 13.1 Å². The van der Waals surface area contributed by atoms with Crippen molar-refractivity contribution in [3.05, 3.63) is 54.3 Å². The molecule has 2 heterocycles. The summed E-state index contributed by atoms with van der Waals surface area (Å²) in [6.07, 6.45) is 4.53. The summed E-state index contributed by atoms with van der Waals surface area (Å²) in [5, 5.41) is 9.37. The zero-order chi connectivity index (χ0) is 13.9. The topological polar surface area (TPSA) is 83.8 Å². The number of aryl methyl sites for hydroxylation is 1. The van der Waals surface area contributed by atoms with Gasteiger partial charge in [-0.3, -0.25) is 9.89 Å². The van der Waals surface area contributed by atoms with Gasteiger partial charge in [-0.05, 0) is 31.2 Å². The van der Waals surface area contributed by atoms with E-state index in [1.807, 2.05) is 24.3 Å². The molecule has 0 radical (unpaired) electrons. The Labute approximate surface area is 114 Å². The van der Waals surface area contributed by atoms with Gasteiger partial charge in [0.05, 0.1) is 18.0 Å². The van der Waals surface area contributed by atoms with Crippen molar-refractivity contribution >= 4 is 11.6 Å². The minimum absolute atomic E-state index is 0.191. The number of amides is 1. The first-order chi connectivity index (χ1) is 9.74. The molecule has 0 aliphatic carbocycles. The van der Waals surface area contributed by atoms with Gasteiger partial charge in [0.15, 0.2) is 12.2 Å². The highest BCUT2D eigenvalue weighted by molar-refractivity contribution is 6.04. The van der Waals surface area contributed by atoms with E-state index in [0.717, 1.165) is 11.3 Å². The molecule has 3 aromatic rings. The Bertz CT molecular complexity index is 714. The summed E-state index contributed by atoms with van der Waals surface area (Å²) >= 11 is 0. The van der Waals surface area contributed by atoms with Gasteiger partial charge >= 0.3 is 0 Å². The van der Waals surface area contributed by atoms with Gasteiger partial charge in [-0.25, -0.2) is 4.98 Å². The van der Waals surface area contributed by atoms with E-state index in [9.17, 15) is 4.79 Å². The summed E-state index contributed by atoms with van der Waals surface area (Å²) in [6, 6.07) is 7.34. The third-order valence-electron chi connectivity index (χ3n) is 2.93. The summed E-state index contributed by atoms with van der Waals surface area (Å²) in [6.45, 7) is 1.80. The fourth-order valence-corrected chi connectivity index (χ4v) is 1.85. The number of nitrogens with one attached hydrogen (secondary N) is 2. The Morgan fingerprint density at radius 3 is 2.65 bits per heavy atom. The number of oxazole rings is 1. The molecule has 20 heavy (non-hydrogen) atoms. The van der Waals surface area contributed by atoms with Gasteiger partial charge in [0.2, 0.25) is 0 Å². The van der Waals surface area contributed by atoms with Gasteiger partial charge in [0.1, 0.15) is 0 Å². The van der Waals surface area contributed by atoms with Gasteiger partial charge in [0.25, 0.3) is 5.91 Å². The second-order valence-electron chi connectivity index (χ2n) is 4.31. The third kappa shape index (κ3) is 2.31. The van der Waals surface area contributed by atoms with Crippen LogP contribution in [0.2, 0.25) is 0 Å². The van der Waals surface area contributed by atoms with Crippen molar-refractivity contribution in [3.8, 4) is 11.3 Å². The van der Waals surface area contributed by atoms with E-state index in [0.29, 0.717) is 17.0 Å². The molecule has 0 aliphatic heterocycles. The molecule has 2 aromatic heterocycles. The molecule has 0 spiro atoms. The highest BCUT2D eigenvalue weighted by atomic mass is 16.3. The van der Waals surface area contributed by atoms with Crippen LogP contribution in [-0.4, -0.2) is 21.1 Å². The SMILES string of the molecule is Cc1[nH]ncc1C(=O)Nc1ccc(-c2cnco2)cc1. The fourth-order valence-electron chi connectivity index (χ4n) is 1.85. The van der Waals surface area contributed by atoms with E-state index >= 15 is 0 Å². The second kappa shape index (κ2) is 5.00. The molecule has 0 atom stereocenters. The van der Waals surface area contributed by atoms with Crippen LogP contribution in [0.4, 0.5) is 5.69 Å². The molecule has 0 fully saturated rings. The molecule has 2 N–H and O–H groups in total. The highest BCUT2D eigenvalue weighted by Crippen LogP contribution is 2.21. The maximum atomic E-state index is 12.0. The molecule has 6 heteroatoms. The Morgan fingerprint density at radius 2 is 2.05 bits per heavy atom. The molecule has 0 aliphatic rings. The molecule has 100 valence electrons. The Morgan fingerprint density at radius 1 is 1.25 bits per heavy atom. The van der Waals surface area contributed by atoms with Crippen molar-refractivity contribution in [2.75, 3.05) is 5.32 Å². The van der Waals surface area contributed by atoms with E-state index in [-0.39, 0.29) is 5.91 Å². The Hall–Kier alpha value is -2.89. The molecule has 0 saturated heterocycles. The molecule has 0 bridgehead atoms. The number of H-pyrrole nitrogens is 1. The van der Waals surface area contributed by atoms with E-state index in [1.165, 1.54) is 12.6 Å². The Balaban J connectivity index is 1.76. The predicted octanol–water partition coefficient (Wildman–Crippen LogP) is 2.63. The molecular weight excluding hydrogens is 256 g/mol. The maximum absolute atomic E-state index is 12.0. The van der Waals surface area contributed by atoms with Crippen LogP contribution in [0.3, 0.4) is 0 Å². The zero-order valence-corrected chi connectivity index (χ0v) is 10.8. The monoisotopic (exact) mass is 268 g/mol. The lowest BCUT2D eigenvalue weighted by molar-refractivity contribution is 0.102. The summed E-state index contributed by atoms with van der Waals surface area (Å²) in [5.41, 5.74) is 2.88. The van der Waals surface area contributed by atoms with Crippen molar-refractivity contribution in [1.82, 2.24) is 15.2 Å². The van der Waals surface area contributed by atoms with Crippen LogP contribution in [0.15, 0.2) is 47.5 Å². The average Bonchev–Trinajstić information content (AvgIpc) is 3.10. The van der Waals surface area contributed by atoms with Gasteiger partial charge in [-0.1, -0.05) is 0 Å². The number of nitrogens with zero attached hydrogens (tertiary/aromatic N) is 2. The van der Waals surface area contributed by atoms with Gasteiger partial charge in [-0.15, -0.1) is 0 Å². The number of hydrogen-bond acceptors (Lipinski definition) is 4. The van der Waals surface area contributed by atoms with Crippen LogP contribution in [0.1, 0.15) is 16.1 Å². The fraction of sp³-hybridized carbons (Fsp3) is 0.0714. The first-order valence-electron chi connectivity index (χ1n) is 6.04. The van der Waals surface area contributed by atoms with Crippen LogP contribution >= 0.6 is 0 Å².